The molecule has 0 spiro atoms. The fourth-order valence-electron chi connectivity index (χ4n) is 2.90. The van der Waals surface area contributed by atoms with Crippen LogP contribution in [0.4, 0.5) is 0 Å². The lowest BCUT2D eigenvalue weighted by Gasteiger charge is -2.45. The first kappa shape index (κ1) is 14.1. The van der Waals surface area contributed by atoms with Gasteiger partial charge < -0.3 is 23.7 Å². The van der Waals surface area contributed by atoms with Crippen LogP contribution < -0.4 is 0 Å². The minimum atomic E-state index is -0.854. The van der Waals surface area contributed by atoms with E-state index in [0.717, 1.165) is 0 Å². The molecule has 0 aromatic carbocycles. The van der Waals surface area contributed by atoms with Crippen molar-refractivity contribution in [3.8, 4) is 0 Å². The average molecular weight is 285 g/mol. The number of fused-ring (bicyclic) bond motifs is 3. The number of rotatable bonds is 2. The summed E-state index contributed by atoms with van der Waals surface area (Å²) in [5, 5.41) is 3.62. The zero-order valence-electron chi connectivity index (χ0n) is 12.0. The molecule has 112 valence electrons. The second kappa shape index (κ2) is 4.30. The molecule has 0 aromatic rings. The molecular weight excluding hydrogens is 266 g/mol. The van der Waals surface area contributed by atoms with Crippen molar-refractivity contribution in [2.75, 3.05) is 13.2 Å². The number of hydrogen-bond acceptors (Lipinski definition) is 6. The van der Waals surface area contributed by atoms with Crippen molar-refractivity contribution in [3.05, 3.63) is 10.4 Å². The van der Waals surface area contributed by atoms with E-state index in [2.05, 4.69) is 10.0 Å². The highest BCUT2D eigenvalue weighted by molar-refractivity contribution is 5.07. The summed E-state index contributed by atoms with van der Waals surface area (Å²) in [6.07, 6.45) is -1.30. The minimum absolute atomic E-state index is 0.115. The maximum atomic E-state index is 8.56. The third kappa shape index (κ3) is 2.18. The van der Waals surface area contributed by atoms with Gasteiger partial charge in [0, 0.05) is 4.91 Å². The molecule has 0 aliphatic carbocycles. The Labute approximate surface area is 116 Å². The van der Waals surface area contributed by atoms with Crippen molar-refractivity contribution < 1.29 is 23.7 Å². The number of ether oxygens (including phenoxy) is 5. The van der Waals surface area contributed by atoms with Gasteiger partial charge in [-0.25, -0.2) is 0 Å². The highest BCUT2D eigenvalue weighted by atomic mass is 16.9. The molecule has 4 atom stereocenters. The van der Waals surface area contributed by atoms with Crippen LogP contribution in [0.15, 0.2) is 5.11 Å². The Kier molecular flexibility index (Phi) is 3.02. The summed E-state index contributed by atoms with van der Waals surface area (Å²) in [5.74, 6) is -1.45. The van der Waals surface area contributed by atoms with Crippen molar-refractivity contribution in [1.82, 2.24) is 0 Å². The normalized spacial score (nSPS) is 44.5. The fraction of sp³-hybridized carbons (Fsp3) is 1.00. The van der Waals surface area contributed by atoms with Crippen LogP contribution in [0.2, 0.25) is 0 Å². The maximum Gasteiger partial charge on any atom is 0.190 e. The van der Waals surface area contributed by atoms with E-state index in [1.807, 2.05) is 27.7 Å². The SMILES string of the molecule is CC1(C)O[C@H]2O[C@]3(CN=[N+]=[N-])COC(C)(C)O[C@@H]3[C@H]2O1. The zero-order chi connectivity index (χ0) is 14.6. The lowest BCUT2D eigenvalue weighted by atomic mass is 9.94. The number of nitrogens with zero attached hydrogens (tertiary/aromatic N) is 3. The van der Waals surface area contributed by atoms with Crippen LogP contribution in [0.5, 0.6) is 0 Å². The van der Waals surface area contributed by atoms with E-state index in [1.54, 1.807) is 0 Å². The number of azide groups is 1. The summed E-state index contributed by atoms with van der Waals surface area (Å²) >= 11 is 0. The Morgan fingerprint density at radius 3 is 2.55 bits per heavy atom. The van der Waals surface area contributed by atoms with Crippen LogP contribution in [-0.4, -0.2) is 48.8 Å². The molecule has 3 aliphatic rings. The molecule has 8 heteroatoms. The molecule has 8 nitrogen and oxygen atoms in total. The Morgan fingerprint density at radius 1 is 1.10 bits per heavy atom. The molecule has 0 N–H and O–H groups in total. The van der Waals surface area contributed by atoms with Gasteiger partial charge in [-0.15, -0.1) is 0 Å². The van der Waals surface area contributed by atoms with E-state index in [4.69, 9.17) is 29.2 Å². The lowest BCUT2D eigenvalue weighted by Crippen LogP contribution is -2.60. The quantitative estimate of drug-likeness (QED) is 0.437. The molecule has 0 radical (unpaired) electrons. The van der Waals surface area contributed by atoms with E-state index in [-0.39, 0.29) is 19.3 Å². The Morgan fingerprint density at radius 2 is 1.85 bits per heavy atom. The van der Waals surface area contributed by atoms with E-state index in [9.17, 15) is 0 Å². The van der Waals surface area contributed by atoms with Gasteiger partial charge in [0.1, 0.15) is 17.8 Å². The van der Waals surface area contributed by atoms with Crippen molar-refractivity contribution in [2.24, 2.45) is 5.11 Å². The summed E-state index contributed by atoms with van der Waals surface area (Å²) in [6, 6.07) is 0. The largest absolute Gasteiger partial charge is 0.347 e. The third-order valence-electron chi connectivity index (χ3n) is 3.73. The van der Waals surface area contributed by atoms with E-state index in [1.165, 1.54) is 0 Å². The summed E-state index contributed by atoms with van der Waals surface area (Å²) in [4.78, 5) is 2.80. The van der Waals surface area contributed by atoms with Crippen LogP contribution >= 0.6 is 0 Å². The molecule has 0 aromatic heterocycles. The van der Waals surface area contributed by atoms with E-state index < -0.39 is 29.6 Å². The monoisotopic (exact) mass is 285 g/mol. The topological polar surface area (TPSA) is 94.9 Å². The second-order valence-corrected chi connectivity index (χ2v) is 6.27. The molecule has 3 rings (SSSR count). The van der Waals surface area contributed by atoms with Gasteiger partial charge in [-0.2, -0.15) is 0 Å². The van der Waals surface area contributed by atoms with Gasteiger partial charge in [-0.3, -0.25) is 0 Å². The van der Waals surface area contributed by atoms with Crippen LogP contribution in [0.1, 0.15) is 27.7 Å². The Bertz CT molecular complexity index is 462. The molecule has 3 saturated heterocycles. The third-order valence-corrected chi connectivity index (χ3v) is 3.73. The molecule has 0 unspecified atom stereocenters. The summed E-state index contributed by atoms with van der Waals surface area (Å²) < 4.78 is 29.2. The van der Waals surface area contributed by atoms with Crippen LogP contribution in [0, 0.1) is 0 Å². The molecule has 3 heterocycles. The van der Waals surface area contributed by atoms with Crippen molar-refractivity contribution in [1.29, 1.82) is 0 Å². The van der Waals surface area contributed by atoms with Gasteiger partial charge in [0.25, 0.3) is 0 Å². The van der Waals surface area contributed by atoms with Crippen LogP contribution in [0.3, 0.4) is 0 Å². The Hall–Kier alpha value is -0.890. The van der Waals surface area contributed by atoms with Gasteiger partial charge in [-0.1, -0.05) is 5.11 Å². The van der Waals surface area contributed by atoms with Gasteiger partial charge in [-0.05, 0) is 33.2 Å². The lowest BCUT2D eigenvalue weighted by molar-refractivity contribution is -0.346. The smallest absolute Gasteiger partial charge is 0.190 e. The molecule has 3 aliphatic heterocycles. The molecule has 3 fully saturated rings. The predicted molar refractivity (Wildman–Crippen MR) is 66.6 cm³/mol. The van der Waals surface area contributed by atoms with Gasteiger partial charge in [0.15, 0.2) is 17.9 Å². The highest BCUT2D eigenvalue weighted by Gasteiger charge is 2.65. The van der Waals surface area contributed by atoms with Crippen molar-refractivity contribution >= 4 is 0 Å². The van der Waals surface area contributed by atoms with E-state index in [0.29, 0.717) is 0 Å². The molecule has 0 bridgehead atoms. The van der Waals surface area contributed by atoms with Gasteiger partial charge in [0.2, 0.25) is 0 Å². The zero-order valence-corrected chi connectivity index (χ0v) is 12.0. The van der Waals surface area contributed by atoms with Gasteiger partial charge in [0.05, 0.1) is 13.2 Å². The first-order valence-electron chi connectivity index (χ1n) is 6.63. The van der Waals surface area contributed by atoms with Crippen molar-refractivity contribution in [2.45, 2.75) is 63.4 Å². The first-order chi connectivity index (χ1) is 9.27. The van der Waals surface area contributed by atoms with Crippen molar-refractivity contribution in [3.63, 3.8) is 0 Å². The molecular formula is C12H19N3O5. The molecule has 0 amide bonds. The predicted octanol–water partition coefficient (Wildman–Crippen LogP) is 1.69. The van der Waals surface area contributed by atoms with E-state index >= 15 is 0 Å². The van der Waals surface area contributed by atoms with Crippen LogP contribution in [0.25, 0.3) is 10.4 Å². The highest BCUT2D eigenvalue weighted by Crippen LogP contribution is 2.47. The minimum Gasteiger partial charge on any atom is -0.347 e. The second-order valence-electron chi connectivity index (χ2n) is 6.27. The standard InChI is InChI=1S/C12H19N3O5/c1-10(2)16-6-12(5-14-15-13)8(18-10)7-9(20-12)19-11(3,4)17-7/h7-9H,5-6H2,1-4H3/t7-,8-,9+,12-/m1/s1. The maximum absolute atomic E-state index is 8.56. The number of hydrogen-bond donors (Lipinski definition) is 0. The summed E-state index contributed by atoms with van der Waals surface area (Å²) in [5.41, 5.74) is 7.71. The average Bonchev–Trinajstić information content (AvgIpc) is 2.77. The van der Waals surface area contributed by atoms with Gasteiger partial charge >= 0.3 is 0 Å². The summed E-state index contributed by atoms with van der Waals surface area (Å²) in [6.45, 7) is 7.70. The Balaban J connectivity index is 1.89. The first-order valence-corrected chi connectivity index (χ1v) is 6.63. The molecule has 0 saturated carbocycles. The molecule has 20 heavy (non-hydrogen) atoms. The van der Waals surface area contributed by atoms with Crippen LogP contribution in [-0.2, 0) is 23.7 Å². The fourth-order valence-corrected chi connectivity index (χ4v) is 2.90. The summed E-state index contributed by atoms with van der Waals surface area (Å²) in [7, 11) is 0.